The summed E-state index contributed by atoms with van der Waals surface area (Å²) < 4.78 is 20.0. The average molecular weight is 561 g/mol. The first kappa shape index (κ1) is 26.4. The van der Waals surface area contributed by atoms with Crippen molar-refractivity contribution < 1.29 is 19.0 Å². The zero-order chi connectivity index (χ0) is 28.3. The van der Waals surface area contributed by atoms with Crippen molar-refractivity contribution in [1.29, 1.82) is 0 Å². The molecule has 1 aromatic carbocycles. The van der Waals surface area contributed by atoms with Crippen LogP contribution in [-0.4, -0.2) is 76.8 Å². The molecule has 6 heterocycles. The molecule has 0 aliphatic carbocycles. The Labute approximate surface area is 241 Å². The lowest BCUT2D eigenvalue weighted by molar-refractivity contribution is -0.0366. The lowest BCUT2D eigenvalue weighted by Gasteiger charge is -2.47. The maximum Gasteiger partial charge on any atom is 0.410 e. The number of benzene rings is 1. The van der Waals surface area contributed by atoms with Crippen molar-refractivity contribution in [3.8, 4) is 5.75 Å². The van der Waals surface area contributed by atoms with Gasteiger partial charge in [-0.3, -0.25) is 4.98 Å². The van der Waals surface area contributed by atoms with E-state index < -0.39 is 5.60 Å². The van der Waals surface area contributed by atoms with E-state index in [0.29, 0.717) is 19.7 Å². The van der Waals surface area contributed by atoms with E-state index in [4.69, 9.17) is 24.3 Å². The molecule has 218 valence electrons. The van der Waals surface area contributed by atoms with Gasteiger partial charge in [-0.25, -0.2) is 9.48 Å². The first-order valence-electron chi connectivity index (χ1n) is 15.0. The number of carbonyl (C=O) groups is 1. The van der Waals surface area contributed by atoms with Crippen LogP contribution in [-0.2, 0) is 22.4 Å². The summed E-state index contributed by atoms with van der Waals surface area (Å²) in [5.74, 6) is 0.853. The fraction of sp³-hybridized carbons (Fsp3) is 0.581. The number of rotatable bonds is 2. The van der Waals surface area contributed by atoms with Crippen molar-refractivity contribution in [3.63, 3.8) is 0 Å². The van der Waals surface area contributed by atoms with Gasteiger partial charge in [-0.15, -0.1) is 0 Å². The Hall–Kier alpha value is -3.53. The molecule has 7 rings (SSSR count). The summed E-state index contributed by atoms with van der Waals surface area (Å²) in [6.45, 7) is 12.8. The second-order valence-corrected chi connectivity index (χ2v) is 12.7. The van der Waals surface area contributed by atoms with E-state index in [0.717, 1.165) is 68.2 Å². The minimum Gasteiger partial charge on any atom is -0.488 e. The zero-order valence-electron chi connectivity index (χ0n) is 24.6. The maximum absolute atomic E-state index is 12.8. The molecule has 2 aromatic heterocycles. The van der Waals surface area contributed by atoms with E-state index >= 15 is 0 Å². The standard InChI is InChI=1S/C31H40N6O4/c1-20-8-9-25-23(15-33-37(25)27-7-5-6-14-39-27)28(20)34-11-10-22-24(18-34)32-16-26-29(22)36-13-12-35(17-21(36)19-40-26)30(38)41-31(2,3)4/h8-9,15-16,21,27H,5-7,10-14,17-19H2,1-4H3/t21-,27?/m1/s1. The average Bonchev–Trinajstić information content (AvgIpc) is 3.39. The van der Waals surface area contributed by atoms with Gasteiger partial charge in [-0.1, -0.05) is 6.07 Å². The Morgan fingerprint density at radius 3 is 2.78 bits per heavy atom. The smallest absolute Gasteiger partial charge is 0.410 e. The fourth-order valence-corrected chi connectivity index (χ4v) is 6.83. The molecule has 2 atom stereocenters. The Bertz CT molecular complexity index is 1470. The summed E-state index contributed by atoms with van der Waals surface area (Å²) in [6.07, 6.45) is 7.83. The van der Waals surface area contributed by atoms with Gasteiger partial charge in [0.25, 0.3) is 0 Å². The number of hydrogen-bond acceptors (Lipinski definition) is 8. The van der Waals surface area contributed by atoms with Crippen LogP contribution in [0.15, 0.2) is 24.5 Å². The van der Waals surface area contributed by atoms with Crippen LogP contribution >= 0.6 is 0 Å². The summed E-state index contributed by atoms with van der Waals surface area (Å²) in [4.78, 5) is 24.4. The van der Waals surface area contributed by atoms with E-state index in [1.807, 2.05) is 38.1 Å². The number of hydrogen-bond donors (Lipinski definition) is 0. The molecule has 0 bridgehead atoms. The van der Waals surface area contributed by atoms with E-state index in [2.05, 4.69) is 33.5 Å². The van der Waals surface area contributed by atoms with Crippen molar-refractivity contribution in [2.75, 3.05) is 49.2 Å². The molecule has 0 spiro atoms. The van der Waals surface area contributed by atoms with Crippen LogP contribution in [0.1, 0.15) is 63.1 Å². The number of fused-ring (bicyclic) bond motifs is 6. The van der Waals surface area contributed by atoms with Gasteiger partial charge in [0.2, 0.25) is 0 Å². The second kappa shape index (κ2) is 10.1. The molecule has 10 heteroatoms. The largest absolute Gasteiger partial charge is 0.488 e. The zero-order valence-corrected chi connectivity index (χ0v) is 24.6. The Morgan fingerprint density at radius 2 is 1.98 bits per heavy atom. The molecular formula is C31H40N6O4. The van der Waals surface area contributed by atoms with Crippen molar-refractivity contribution in [1.82, 2.24) is 19.7 Å². The van der Waals surface area contributed by atoms with Crippen LogP contribution in [0.5, 0.6) is 5.75 Å². The SMILES string of the molecule is Cc1ccc2c(cnn2C2CCCCO2)c1N1CCc2c(ncc3c2N2CCN(C(=O)OC(C)(C)C)C[C@@H]2CO3)C1. The Balaban J connectivity index is 1.15. The van der Waals surface area contributed by atoms with Gasteiger partial charge in [0.15, 0.2) is 12.0 Å². The van der Waals surface area contributed by atoms with Gasteiger partial charge >= 0.3 is 6.09 Å². The summed E-state index contributed by atoms with van der Waals surface area (Å²) in [5.41, 5.74) is 6.61. The molecule has 4 aliphatic heterocycles. The van der Waals surface area contributed by atoms with Crippen LogP contribution in [0.2, 0.25) is 0 Å². The summed E-state index contributed by atoms with van der Waals surface area (Å²) >= 11 is 0. The summed E-state index contributed by atoms with van der Waals surface area (Å²) in [7, 11) is 0. The molecule has 0 saturated carbocycles. The predicted octanol–water partition coefficient (Wildman–Crippen LogP) is 4.82. The van der Waals surface area contributed by atoms with Gasteiger partial charge in [-0.2, -0.15) is 5.10 Å². The minimum atomic E-state index is -0.508. The quantitative estimate of drug-likeness (QED) is 0.441. The highest BCUT2D eigenvalue weighted by atomic mass is 16.6. The molecule has 1 amide bonds. The van der Waals surface area contributed by atoms with Crippen molar-refractivity contribution >= 4 is 28.4 Å². The maximum atomic E-state index is 12.8. The van der Waals surface area contributed by atoms with E-state index in [1.54, 1.807) is 0 Å². The van der Waals surface area contributed by atoms with Crippen LogP contribution in [0.3, 0.4) is 0 Å². The third-order valence-electron chi connectivity index (χ3n) is 8.73. The topological polar surface area (TPSA) is 85.2 Å². The third-order valence-corrected chi connectivity index (χ3v) is 8.73. The number of aromatic nitrogens is 3. The van der Waals surface area contributed by atoms with Crippen LogP contribution in [0, 0.1) is 6.92 Å². The number of nitrogens with zero attached hydrogens (tertiary/aromatic N) is 6. The number of aryl methyl sites for hydroxylation is 1. The van der Waals surface area contributed by atoms with Crippen molar-refractivity contribution in [3.05, 3.63) is 41.3 Å². The van der Waals surface area contributed by atoms with E-state index in [1.165, 1.54) is 28.6 Å². The van der Waals surface area contributed by atoms with Crippen molar-refractivity contribution in [2.24, 2.45) is 0 Å². The van der Waals surface area contributed by atoms with E-state index in [-0.39, 0.29) is 18.4 Å². The predicted molar refractivity (Wildman–Crippen MR) is 157 cm³/mol. The highest BCUT2D eigenvalue weighted by molar-refractivity contribution is 5.94. The van der Waals surface area contributed by atoms with Crippen LogP contribution in [0.25, 0.3) is 10.9 Å². The summed E-state index contributed by atoms with van der Waals surface area (Å²) in [5, 5.41) is 5.96. The lowest BCUT2D eigenvalue weighted by Crippen LogP contribution is -2.59. The molecule has 41 heavy (non-hydrogen) atoms. The number of ether oxygens (including phenoxy) is 3. The molecule has 2 fully saturated rings. The summed E-state index contributed by atoms with van der Waals surface area (Å²) in [6, 6.07) is 4.48. The van der Waals surface area contributed by atoms with Gasteiger partial charge in [-0.05, 0) is 65.0 Å². The van der Waals surface area contributed by atoms with Gasteiger partial charge in [0, 0.05) is 43.7 Å². The molecule has 4 aliphatic rings. The number of pyridine rings is 1. The van der Waals surface area contributed by atoms with Crippen LogP contribution in [0.4, 0.5) is 16.2 Å². The molecule has 3 aromatic rings. The second-order valence-electron chi connectivity index (χ2n) is 12.7. The van der Waals surface area contributed by atoms with Crippen molar-refractivity contribution in [2.45, 2.75) is 77.8 Å². The number of anilines is 2. The first-order valence-corrected chi connectivity index (χ1v) is 15.0. The van der Waals surface area contributed by atoms with Gasteiger partial charge in [0.1, 0.15) is 12.2 Å². The highest BCUT2D eigenvalue weighted by Gasteiger charge is 2.39. The molecule has 10 nitrogen and oxygen atoms in total. The first-order chi connectivity index (χ1) is 19.8. The molecule has 0 radical (unpaired) electrons. The highest BCUT2D eigenvalue weighted by Crippen LogP contribution is 2.43. The lowest BCUT2D eigenvalue weighted by atomic mass is 9.97. The van der Waals surface area contributed by atoms with E-state index in [9.17, 15) is 4.79 Å². The Morgan fingerprint density at radius 1 is 1.10 bits per heavy atom. The fourth-order valence-electron chi connectivity index (χ4n) is 6.83. The molecular weight excluding hydrogens is 520 g/mol. The molecule has 2 saturated heterocycles. The minimum absolute atomic E-state index is 0.0100. The normalized spacial score (nSPS) is 22.6. The van der Waals surface area contributed by atoms with Crippen LogP contribution < -0.4 is 14.5 Å². The van der Waals surface area contributed by atoms with Gasteiger partial charge < -0.3 is 28.9 Å². The number of piperazine rings is 1. The number of carbonyl (C=O) groups excluding carboxylic acids is 1. The monoisotopic (exact) mass is 560 g/mol. The Kier molecular flexibility index (Phi) is 6.48. The number of amides is 1. The molecule has 0 N–H and O–H groups in total. The van der Waals surface area contributed by atoms with Gasteiger partial charge in [0.05, 0.1) is 47.6 Å². The molecule has 1 unspecified atom stereocenters. The third kappa shape index (κ3) is 4.75.